The van der Waals surface area contributed by atoms with E-state index in [1.807, 2.05) is 94.4 Å². The molecule has 0 aromatic heterocycles. The van der Waals surface area contributed by atoms with Crippen LogP contribution in [0.15, 0.2) is 77.3 Å². The van der Waals surface area contributed by atoms with E-state index in [1.54, 1.807) is 11.0 Å². The highest BCUT2D eigenvalue weighted by molar-refractivity contribution is 9.10. The molecule has 3 aromatic carbocycles. The van der Waals surface area contributed by atoms with E-state index in [9.17, 15) is 18.0 Å². The van der Waals surface area contributed by atoms with Gasteiger partial charge in [0.2, 0.25) is 21.8 Å². The van der Waals surface area contributed by atoms with Crippen molar-refractivity contribution in [2.45, 2.75) is 72.0 Å². The van der Waals surface area contributed by atoms with Crippen molar-refractivity contribution in [2.24, 2.45) is 0 Å². The molecule has 0 saturated heterocycles. The normalized spacial score (nSPS) is 12.8. The second-order valence-corrected chi connectivity index (χ2v) is 13.7. The summed E-state index contributed by atoms with van der Waals surface area (Å²) in [6.07, 6.45) is 2.72. The van der Waals surface area contributed by atoms with Crippen LogP contribution in [0.4, 0.5) is 5.69 Å². The van der Waals surface area contributed by atoms with E-state index in [-0.39, 0.29) is 37.4 Å². The first kappa shape index (κ1) is 33.3. The molecule has 0 aliphatic rings. The van der Waals surface area contributed by atoms with E-state index in [2.05, 4.69) is 21.2 Å². The van der Waals surface area contributed by atoms with E-state index in [0.717, 1.165) is 33.1 Å². The third-order valence-electron chi connectivity index (χ3n) is 7.54. The number of rotatable bonds is 14. The van der Waals surface area contributed by atoms with Crippen LogP contribution in [0.5, 0.6) is 0 Å². The average molecular weight is 657 g/mol. The lowest BCUT2D eigenvalue weighted by molar-refractivity contribution is -0.141. The third kappa shape index (κ3) is 9.42. The highest BCUT2D eigenvalue weighted by Gasteiger charge is 2.31. The van der Waals surface area contributed by atoms with Gasteiger partial charge in [0.1, 0.15) is 6.04 Å². The van der Waals surface area contributed by atoms with E-state index >= 15 is 0 Å². The van der Waals surface area contributed by atoms with Crippen molar-refractivity contribution in [1.29, 1.82) is 0 Å². The summed E-state index contributed by atoms with van der Waals surface area (Å²) >= 11 is 3.47. The van der Waals surface area contributed by atoms with Gasteiger partial charge in [0.25, 0.3) is 0 Å². The molecule has 2 amide bonds. The first-order valence-electron chi connectivity index (χ1n) is 14.3. The molecule has 7 nitrogen and oxygen atoms in total. The molecule has 226 valence electrons. The largest absolute Gasteiger partial charge is 0.352 e. The zero-order chi connectivity index (χ0) is 30.9. The Morgan fingerprint density at radius 3 is 2.21 bits per heavy atom. The second-order valence-electron chi connectivity index (χ2n) is 10.8. The average Bonchev–Trinajstić information content (AvgIpc) is 2.95. The Balaban J connectivity index is 1.90. The quantitative estimate of drug-likeness (QED) is 0.225. The van der Waals surface area contributed by atoms with Gasteiger partial charge < -0.3 is 10.2 Å². The van der Waals surface area contributed by atoms with Gasteiger partial charge in [-0.25, -0.2) is 8.42 Å². The fourth-order valence-electron chi connectivity index (χ4n) is 4.77. The van der Waals surface area contributed by atoms with Gasteiger partial charge in [0.15, 0.2) is 0 Å². The number of amides is 2. The summed E-state index contributed by atoms with van der Waals surface area (Å²) in [6, 6.07) is 22.2. The molecule has 0 aliphatic carbocycles. The number of hydrogen-bond donors (Lipinski definition) is 1. The molecule has 0 bridgehead atoms. The summed E-state index contributed by atoms with van der Waals surface area (Å²) in [4.78, 5) is 29.3. The number of sulfonamides is 1. The Morgan fingerprint density at radius 2 is 1.60 bits per heavy atom. The highest BCUT2D eigenvalue weighted by atomic mass is 79.9. The number of benzene rings is 3. The molecule has 1 N–H and O–H groups in total. The monoisotopic (exact) mass is 655 g/mol. The van der Waals surface area contributed by atoms with Crippen LogP contribution < -0.4 is 9.62 Å². The summed E-state index contributed by atoms with van der Waals surface area (Å²) in [5.74, 6) is -0.403. The molecule has 0 saturated carbocycles. The topological polar surface area (TPSA) is 86.8 Å². The Hall–Kier alpha value is -3.17. The van der Waals surface area contributed by atoms with Gasteiger partial charge in [-0.2, -0.15) is 0 Å². The molecule has 0 unspecified atom stereocenters. The maximum atomic E-state index is 14.0. The number of carbonyl (C=O) groups is 2. The second kappa shape index (κ2) is 15.3. The fourth-order valence-corrected chi connectivity index (χ4v) is 6.05. The minimum absolute atomic E-state index is 0.0405. The number of carbonyl (C=O) groups excluding carboxylic acids is 2. The predicted octanol–water partition coefficient (Wildman–Crippen LogP) is 6.17. The Bertz CT molecular complexity index is 1450. The lowest BCUT2D eigenvalue weighted by Crippen LogP contribution is -2.52. The molecule has 0 fully saturated rings. The van der Waals surface area contributed by atoms with Crippen LogP contribution in [-0.4, -0.2) is 50.0 Å². The number of halogens is 1. The Kier molecular flexibility index (Phi) is 12.2. The highest BCUT2D eigenvalue weighted by Crippen LogP contribution is 2.26. The van der Waals surface area contributed by atoms with Crippen molar-refractivity contribution >= 4 is 43.5 Å². The van der Waals surface area contributed by atoms with Crippen LogP contribution >= 0.6 is 15.9 Å². The van der Waals surface area contributed by atoms with E-state index < -0.39 is 16.1 Å². The molecule has 0 spiro atoms. The zero-order valence-corrected chi connectivity index (χ0v) is 27.5. The number of aryl methyl sites for hydroxylation is 1. The van der Waals surface area contributed by atoms with E-state index in [1.165, 1.54) is 10.6 Å². The maximum Gasteiger partial charge on any atom is 0.243 e. The van der Waals surface area contributed by atoms with Crippen molar-refractivity contribution in [3.05, 3.63) is 99.5 Å². The molecular weight excluding hydrogens is 614 g/mol. The maximum absolute atomic E-state index is 14.0. The molecular formula is C33H42BrN3O4S. The van der Waals surface area contributed by atoms with Gasteiger partial charge in [-0.1, -0.05) is 77.5 Å². The van der Waals surface area contributed by atoms with Crippen LogP contribution in [0.3, 0.4) is 0 Å². The van der Waals surface area contributed by atoms with Crippen LogP contribution in [0.2, 0.25) is 0 Å². The van der Waals surface area contributed by atoms with Crippen LogP contribution in [0.1, 0.15) is 55.4 Å². The van der Waals surface area contributed by atoms with Crippen LogP contribution in [-0.2, 0) is 32.6 Å². The lowest BCUT2D eigenvalue weighted by atomic mass is 10.0. The molecule has 0 heterocycles. The van der Waals surface area contributed by atoms with Crippen molar-refractivity contribution in [3.8, 4) is 0 Å². The Labute approximate surface area is 259 Å². The Morgan fingerprint density at radius 1 is 0.929 bits per heavy atom. The first-order valence-corrected chi connectivity index (χ1v) is 17.0. The number of hydrogen-bond acceptors (Lipinski definition) is 4. The molecule has 3 rings (SSSR count). The van der Waals surface area contributed by atoms with Gasteiger partial charge in [-0.05, 0) is 74.1 Å². The van der Waals surface area contributed by atoms with Gasteiger partial charge in [0, 0.05) is 36.4 Å². The van der Waals surface area contributed by atoms with Crippen molar-refractivity contribution in [1.82, 2.24) is 10.2 Å². The van der Waals surface area contributed by atoms with Gasteiger partial charge in [0.05, 0.1) is 11.9 Å². The molecule has 2 atom stereocenters. The molecule has 9 heteroatoms. The zero-order valence-electron chi connectivity index (χ0n) is 25.1. The van der Waals surface area contributed by atoms with Gasteiger partial charge >= 0.3 is 0 Å². The predicted molar refractivity (Wildman–Crippen MR) is 174 cm³/mol. The minimum atomic E-state index is -3.58. The van der Waals surface area contributed by atoms with Gasteiger partial charge in [-0.15, -0.1) is 0 Å². The van der Waals surface area contributed by atoms with Gasteiger partial charge in [-0.3, -0.25) is 13.9 Å². The van der Waals surface area contributed by atoms with E-state index in [4.69, 9.17) is 0 Å². The fraction of sp³-hybridized carbons (Fsp3) is 0.394. The number of anilines is 1. The van der Waals surface area contributed by atoms with Crippen molar-refractivity contribution in [2.75, 3.05) is 17.1 Å². The SMILES string of the molecule is CC[C@@H](C)NC(=O)[C@H](Cc1ccccc1)N(Cc1ccc(Br)cc1)C(=O)CCCN(c1cccc(C)c1C)S(C)(=O)=O. The lowest BCUT2D eigenvalue weighted by Gasteiger charge is -2.33. The molecule has 3 aromatic rings. The molecule has 42 heavy (non-hydrogen) atoms. The summed E-state index contributed by atoms with van der Waals surface area (Å²) in [5.41, 5.74) is 4.35. The smallest absolute Gasteiger partial charge is 0.243 e. The summed E-state index contributed by atoms with van der Waals surface area (Å²) in [6.45, 7) is 8.21. The van der Waals surface area contributed by atoms with E-state index in [0.29, 0.717) is 18.5 Å². The number of nitrogens with zero attached hydrogens (tertiary/aromatic N) is 2. The first-order chi connectivity index (χ1) is 19.9. The summed E-state index contributed by atoms with van der Waals surface area (Å²) < 4.78 is 27.9. The van der Waals surface area contributed by atoms with Crippen molar-refractivity contribution in [3.63, 3.8) is 0 Å². The van der Waals surface area contributed by atoms with Crippen LogP contribution in [0, 0.1) is 13.8 Å². The number of nitrogens with one attached hydrogen (secondary N) is 1. The van der Waals surface area contributed by atoms with Crippen molar-refractivity contribution < 1.29 is 18.0 Å². The minimum Gasteiger partial charge on any atom is -0.352 e. The standard InChI is InChI=1S/C33H42BrN3O4S/c1-6-25(3)35-33(39)31(22-27-13-8-7-9-14-27)36(23-28-17-19-29(34)20-18-28)32(38)16-11-21-37(42(5,40)41)30-15-10-12-24(2)26(30)4/h7-10,12-15,17-20,25,31H,6,11,16,21-23H2,1-5H3,(H,35,39)/t25-,31+/m1/s1. The third-order valence-corrected chi connectivity index (χ3v) is 9.24. The molecule has 0 aliphatic heterocycles. The molecule has 0 radical (unpaired) electrons. The summed E-state index contributed by atoms with van der Waals surface area (Å²) in [5, 5.41) is 3.08. The van der Waals surface area contributed by atoms with Crippen LogP contribution in [0.25, 0.3) is 0 Å². The summed E-state index contributed by atoms with van der Waals surface area (Å²) in [7, 11) is -3.58.